The standard InChI is InChI=1S/C18H33N5O/c1-2-19-18(20-11-6-14-23-15-7-13-22-23)21-12-8-16-24-17-9-4-3-5-10-17/h7,13,15,17H,2-6,8-12,14,16H2,1H3,(H2,19,20,21). The van der Waals surface area contributed by atoms with E-state index in [-0.39, 0.29) is 0 Å². The molecule has 24 heavy (non-hydrogen) atoms. The highest BCUT2D eigenvalue weighted by Gasteiger charge is 2.12. The molecular weight excluding hydrogens is 302 g/mol. The smallest absolute Gasteiger partial charge is 0.191 e. The molecular formula is C18H33N5O. The zero-order valence-corrected chi connectivity index (χ0v) is 15.0. The van der Waals surface area contributed by atoms with Gasteiger partial charge in [0.1, 0.15) is 0 Å². The monoisotopic (exact) mass is 335 g/mol. The van der Waals surface area contributed by atoms with Gasteiger partial charge in [0.2, 0.25) is 0 Å². The van der Waals surface area contributed by atoms with Crippen LogP contribution >= 0.6 is 0 Å². The van der Waals surface area contributed by atoms with E-state index in [0.717, 1.165) is 51.6 Å². The molecule has 2 rings (SSSR count). The molecule has 1 saturated carbocycles. The van der Waals surface area contributed by atoms with Crippen molar-refractivity contribution in [2.24, 2.45) is 4.99 Å². The van der Waals surface area contributed by atoms with Gasteiger partial charge in [-0.3, -0.25) is 9.67 Å². The number of hydrogen-bond donors (Lipinski definition) is 2. The Hall–Kier alpha value is -1.56. The molecule has 0 radical (unpaired) electrons. The fourth-order valence-corrected chi connectivity index (χ4v) is 2.96. The molecule has 1 heterocycles. The Morgan fingerprint density at radius 2 is 2.12 bits per heavy atom. The predicted octanol–water partition coefficient (Wildman–Crippen LogP) is 2.57. The van der Waals surface area contributed by atoms with Crippen LogP contribution in [0, 0.1) is 0 Å². The second kappa shape index (κ2) is 11.9. The number of nitrogens with zero attached hydrogens (tertiary/aromatic N) is 3. The molecule has 0 aliphatic heterocycles. The molecule has 1 aromatic rings. The molecule has 0 aromatic carbocycles. The van der Waals surface area contributed by atoms with Crippen LogP contribution in [0.3, 0.4) is 0 Å². The molecule has 6 heteroatoms. The molecule has 0 spiro atoms. The second-order valence-electron chi connectivity index (χ2n) is 6.29. The molecule has 136 valence electrons. The molecule has 6 nitrogen and oxygen atoms in total. The Morgan fingerprint density at radius 1 is 1.25 bits per heavy atom. The van der Waals surface area contributed by atoms with E-state index in [1.54, 1.807) is 0 Å². The lowest BCUT2D eigenvalue weighted by Gasteiger charge is -2.22. The normalized spacial score (nSPS) is 16.3. The zero-order chi connectivity index (χ0) is 16.9. The van der Waals surface area contributed by atoms with Crippen molar-refractivity contribution in [3.63, 3.8) is 0 Å². The SMILES string of the molecule is CCNC(=NCCCn1cccn1)NCCCOC1CCCCC1. The molecule has 0 unspecified atom stereocenters. The maximum atomic E-state index is 5.95. The summed E-state index contributed by atoms with van der Waals surface area (Å²) in [6.07, 6.45) is 12.8. The molecule has 0 bridgehead atoms. The number of ether oxygens (including phenoxy) is 1. The van der Waals surface area contributed by atoms with Gasteiger partial charge in [-0.25, -0.2) is 0 Å². The maximum absolute atomic E-state index is 5.95. The van der Waals surface area contributed by atoms with Crippen LogP contribution < -0.4 is 10.6 Å². The number of hydrogen-bond acceptors (Lipinski definition) is 3. The first-order valence-corrected chi connectivity index (χ1v) is 9.49. The van der Waals surface area contributed by atoms with Gasteiger partial charge in [0.25, 0.3) is 0 Å². The van der Waals surface area contributed by atoms with Crippen molar-refractivity contribution >= 4 is 5.96 Å². The van der Waals surface area contributed by atoms with E-state index in [4.69, 9.17) is 4.74 Å². The highest BCUT2D eigenvalue weighted by atomic mass is 16.5. The van der Waals surface area contributed by atoms with Crippen molar-refractivity contribution < 1.29 is 4.74 Å². The first-order chi connectivity index (χ1) is 11.9. The number of aliphatic imine (C=N–C) groups is 1. The molecule has 1 aliphatic carbocycles. The van der Waals surface area contributed by atoms with Crippen LogP contribution in [0.5, 0.6) is 0 Å². The first kappa shape index (κ1) is 18.8. The third-order valence-corrected chi connectivity index (χ3v) is 4.24. The summed E-state index contributed by atoms with van der Waals surface area (Å²) in [5.74, 6) is 0.899. The van der Waals surface area contributed by atoms with Crippen LogP contribution in [0.2, 0.25) is 0 Å². The van der Waals surface area contributed by atoms with E-state index in [9.17, 15) is 0 Å². The molecule has 0 saturated heterocycles. The minimum atomic E-state index is 0.503. The lowest BCUT2D eigenvalue weighted by Crippen LogP contribution is -2.38. The lowest BCUT2D eigenvalue weighted by atomic mass is 9.98. The third-order valence-electron chi connectivity index (χ3n) is 4.24. The Labute approximate surface area is 146 Å². The number of guanidine groups is 1. The molecule has 1 aliphatic rings. The molecule has 0 atom stereocenters. The summed E-state index contributed by atoms with van der Waals surface area (Å²) in [5, 5.41) is 10.9. The van der Waals surface area contributed by atoms with Crippen molar-refractivity contribution in [2.75, 3.05) is 26.2 Å². The summed E-state index contributed by atoms with van der Waals surface area (Å²) in [7, 11) is 0. The van der Waals surface area contributed by atoms with Gasteiger partial charge in [0, 0.05) is 45.2 Å². The van der Waals surface area contributed by atoms with Crippen molar-refractivity contribution in [2.45, 2.75) is 64.5 Å². The quantitative estimate of drug-likeness (QED) is 0.392. The molecule has 1 fully saturated rings. The van der Waals surface area contributed by atoms with E-state index < -0.39 is 0 Å². The van der Waals surface area contributed by atoms with Gasteiger partial charge in [0.15, 0.2) is 5.96 Å². The number of rotatable bonds is 10. The predicted molar refractivity (Wildman–Crippen MR) is 98.3 cm³/mol. The topological polar surface area (TPSA) is 63.5 Å². The summed E-state index contributed by atoms with van der Waals surface area (Å²) in [6, 6.07) is 1.95. The highest BCUT2D eigenvalue weighted by molar-refractivity contribution is 5.79. The summed E-state index contributed by atoms with van der Waals surface area (Å²) in [5.41, 5.74) is 0. The van der Waals surface area contributed by atoms with Crippen LogP contribution in [-0.4, -0.2) is 48.1 Å². The van der Waals surface area contributed by atoms with Crippen molar-refractivity contribution in [1.82, 2.24) is 20.4 Å². The van der Waals surface area contributed by atoms with Crippen LogP contribution in [0.4, 0.5) is 0 Å². The molecule has 2 N–H and O–H groups in total. The van der Waals surface area contributed by atoms with Crippen LogP contribution in [-0.2, 0) is 11.3 Å². The van der Waals surface area contributed by atoms with Crippen molar-refractivity contribution in [3.05, 3.63) is 18.5 Å². The fraction of sp³-hybridized carbons (Fsp3) is 0.778. The van der Waals surface area contributed by atoms with Gasteiger partial charge in [-0.15, -0.1) is 0 Å². The van der Waals surface area contributed by atoms with E-state index >= 15 is 0 Å². The number of nitrogens with one attached hydrogen (secondary N) is 2. The highest BCUT2D eigenvalue weighted by Crippen LogP contribution is 2.20. The summed E-state index contributed by atoms with van der Waals surface area (Å²) in [4.78, 5) is 4.61. The van der Waals surface area contributed by atoms with Gasteiger partial charge in [0.05, 0.1) is 6.10 Å². The Kier molecular flexibility index (Phi) is 9.31. The average molecular weight is 335 g/mol. The Bertz CT molecular complexity index is 440. The fourth-order valence-electron chi connectivity index (χ4n) is 2.96. The second-order valence-corrected chi connectivity index (χ2v) is 6.29. The third kappa shape index (κ3) is 7.81. The Morgan fingerprint density at radius 3 is 2.88 bits per heavy atom. The van der Waals surface area contributed by atoms with E-state index in [1.165, 1.54) is 32.1 Å². The molecule has 0 amide bonds. The zero-order valence-electron chi connectivity index (χ0n) is 15.0. The van der Waals surface area contributed by atoms with E-state index in [0.29, 0.717) is 6.10 Å². The van der Waals surface area contributed by atoms with Gasteiger partial charge < -0.3 is 15.4 Å². The first-order valence-electron chi connectivity index (χ1n) is 9.49. The van der Waals surface area contributed by atoms with Crippen LogP contribution in [0.15, 0.2) is 23.5 Å². The summed E-state index contributed by atoms with van der Waals surface area (Å²) < 4.78 is 7.90. The van der Waals surface area contributed by atoms with Gasteiger partial charge >= 0.3 is 0 Å². The minimum Gasteiger partial charge on any atom is -0.378 e. The van der Waals surface area contributed by atoms with Crippen molar-refractivity contribution in [3.8, 4) is 0 Å². The lowest BCUT2D eigenvalue weighted by molar-refractivity contribution is 0.0277. The van der Waals surface area contributed by atoms with Crippen LogP contribution in [0.25, 0.3) is 0 Å². The summed E-state index contributed by atoms with van der Waals surface area (Å²) >= 11 is 0. The van der Waals surface area contributed by atoms with Crippen LogP contribution in [0.1, 0.15) is 51.9 Å². The maximum Gasteiger partial charge on any atom is 0.191 e. The van der Waals surface area contributed by atoms with Crippen molar-refractivity contribution in [1.29, 1.82) is 0 Å². The molecule has 1 aromatic heterocycles. The van der Waals surface area contributed by atoms with Gasteiger partial charge in [-0.1, -0.05) is 19.3 Å². The number of aryl methyl sites for hydroxylation is 1. The van der Waals surface area contributed by atoms with Gasteiger partial charge in [-0.05, 0) is 38.7 Å². The largest absolute Gasteiger partial charge is 0.378 e. The van der Waals surface area contributed by atoms with E-state index in [2.05, 4.69) is 27.6 Å². The van der Waals surface area contributed by atoms with Gasteiger partial charge in [-0.2, -0.15) is 5.10 Å². The van der Waals surface area contributed by atoms with E-state index in [1.807, 2.05) is 23.1 Å². The number of aromatic nitrogens is 2. The average Bonchev–Trinajstić information content (AvgIpc) is 3.12. The Balaban J connectivity index is 1.54. The minimum absolute atomic E-state index is 0.503. The summed E-state index contributed by atoms with van der Waals surface area (Å²) in [6.45, 7) is 6.42.